The molecule has 3 atom stereocenters. The van der Waals surface area contributed by atoms with E-state index >= 15 is 0 Å². The van der Waals surface area contributed by atoms with E-state index in [0.717, 1.165) is 0 Å². The van der Waals surface area contributed by atoms with Crippen LogP contribution in [0.25, 0.3) is 0 Å². The van der Waals surface area contributed by atoms with Crippen molar-refractivity contribution in [2.75, 3.05) is 13.2 Å². The first-order valence-corrected chi connectivity index (χ1v) is 3.93. The van der Waals surface area contributed by atoms with Gasteiger partial charge in [-0.3, -0.25) is 4.79 Å². The van der Waals surface area contributed by atoms with Gasteiger partial charge < -0.3 is 30.3 Å². The summed E-state index contributed by atoms with van der Waals surface area (Å²) in [4.78, 5) is 20.8. The molecule has 8 nitrogen and oxygen atoms in total. The number of ether oxygens (including phenoxy) is 1. The summed E-state index contributed by atoms with van der Waals surface area (Å²) < 4.78 is 3.84. The van der Waals surface area contributed by atoms with E-state index in [1.54, 1.807) is 0 Å². The van der Waals surface area contributed by atoms with E-state index in [0.29, 0.717) is 0 Å². The molecule has 0 radical (unpaired) electrons. The van der Waals surface area contributed by atoms with Gasteiger partial charge in [-0.25, -0.2) is 4.79 Å². The normalized spacial score (nSPS) is 15.5. The topological polar surface area (TPSA) is 145 Å². The predicted octanol–water partition coefficient (Wildman–Crippen LogP) is -3.59. The number of carbonyl (C=O) groups is 2. The second-order valence-electron chi connectivity index (χ2n) is 2.71. The summed E-state index contributed by atoms with van der Waals surface area (Å²) in [5.41, 5.74) is 0. The van der Waals surface area contributed by atoms with Gasteiger partial charge >= 0.3 is 43.9 Å². The van der Waals surface area contributed by atoms with Crippen LogP contribution >= 0.6 is 0 Å². The number of carboxylic acid groups (broad SMARTS) is 1. The summed E-state index contributed by atoms with van der Waals surface area (Å²) >= 11 is 0. The van der Waals surface area contributed by atoms with Crippen LogP contribution in [0, 0.1) is 0 Å². The zero-order valence-electron chi connectivity index (χ0n) is 7.61. The Hall–Kier alpha value is 0.0397. The van der Waals surface area contributed by atoms with Crippen LogP contribution < -0.4 is 0 Å². The Morgan fingerprint density at radius 2 is 1.69 bits per heavy atom. The van der Waals surface area contributed by atoms with Crippen LogP contribution in [-0.2, 0) is 9.53 Å². The molecule has 92 valence electrons. The third-order valence-corrected chi connectivity index (χ3v) is 1.57. The Balaban J connectivity index is 0. The molecule has 9 heteroatoms. The third kappa shape index (κ3) is 6.59. The van der Waals surface area contributed by atoms with Crippen LogP contribution in [-0.4, -0.2) is 107 Å². The van der Waals surface area contributed by atoms with Crippen molar-refractivity contribution in [3.05, 3.63) is 0 Å². The first-order chi connectivity index (χ1) is 6.90. The molecule has 5 N–H and O–H groups in total. The Morgan fingerprint density at radius 1 is 1.19 bits per heavy atom. The van der Waals surface area contributed by atoms with Gasteiger partial charge in [0.1, 0.15) is 18.3 Å². The zero-order valence-corrected chi connectivity index (χ0v) is 7.61. The molecule has 0 rings (SSSR count). The molecule has 0 saturated heterocycles. The molecule has 0 aliphatic heterocycles. The molecule has 0 aliphatic carbocycles. The molecule has 0 aromatic carbocycles. The quantitative estimate of drug-likeness (QED) is 0.245. The van der Waals surface area contributed by atoms with Crippen molar-refractivity contribution in [3.8, 4) is 0 Å². The van der Waals surface area contributed by atoms with E-state index in [1.165, 1.54) is 0 Å². The van der Waals surface area contributed by atoms with Crippen molar-refractivity contribution in [2.45, 2.75) is 18.3 Å². The van der Waals surface area contributed by atoms with E-state index in [2.05, 4.69) is 4.74 Å². The fraction of sp³-hybridized carbons (Fsp3) is 0.714. The second-order valence-corrected chi connectivity index (χ2v) is 2.71. The number of Topliss-reactive ketones (excluding diaryl/α,β-unsaturated/α-hetero) is 1. The average Bonchev–Trinajstić information content (AvgIpc) is 2.22. The standard InChI is InChI=1S/C7H12O8.Ca.2H/c8-1-3(9)5(11)6(12)4(10)2-15-7(13)14;;;/h3,5-6,8-9,11-12H,1-2H2,(H,13,14);;;/t3-,5+,6+;;;/m1.../s1. The minimum absolute atomic E-state index is 0. The number of ketones is 1. The molecule has 0 aromatic rings. The number of aliphatic hydroxyl groups is 4. The van der Waals surface area contributed by atoms with Crippen molar-refractivity contribution < 1.29 is 39.9 Å². The van der Waals surface area contributed by atoms with Gasteiger partial charge in [-0.1, -0.05) is 0 Å². The number of carbonyl (C=O) groups excluding carboxylic acids is 1. The van der Waals surface area contributed by atoms with Crippen LogP contribution in [0.15, 0.2) is 0 Å². The molecular formula is C7H14CaO8. The molecular weight excluding hydrogens is 252 g/mol. The van der Waals surface area contributed by atoms with Gasteiger partial charge in [0.05, 0.1) is 6.61 Å². The van der Waals surface area contributed by atoms with E-state index < -0.39 is 43.5 Å². The fourth-order valence-electron chi connectivity index (χ4n) is 0.727. The molecule has 0 aliphatic rings. The average molecular weight is 266 g/mol. The molecule has 0 saturated carbocycles. The molecule has 16 heavy (non-hydrogen) atoms. The summed E-state index contributed by atoms with van der Waals surface area (Å²) in [5, 5.41) is 43.4. The summed E-state index contributed by atoms with van der Waals surface area (Å²) in [6.07, 6.45) is -7.28. The van der Waals surface area contributed by atoms with Crippen molar-refractivity contribution >= 4 is 49.7 Å². The Labute approximate surface area is 120 Å². The van der Waals surface area contributed by atoms with Gasteiger partial charge in [0.25, 0.3) is 0 Å². The van der Waals surface area contributed by atoms with E-state index in [1.807, 2.05) is 0 Å². The van der Waals surface area contributed by atoms with Crippen LogP contribution in [0.1, 0.15) is 0 Å². The molecule has 0 spiro atoms. The van der Waals surface area contributed by atoms with Crippen molar-refractivity contribution in [1.82, 2.24) is 0 Å². The summed E-state index contributed by atoms with van der Waals surface area (Å²) in [5.74, 6) is -1.11. The molecule has 0 unspecified atom stereocenters. The molecule has 0 heterocycles. The van der Waals surface area contributed by atoms with E-state index in [4.69, 9.17) is 25.5 Å². The summed E-state index contributed by atoms with van der Waals surface area (Å²) in [7, 11) is 0. The first kappa shape index (κ1) is 18.4. The second kappa shape index (κ2) is 9.11. The fourth-order valence-corrected chi connectivity index (χ4v) is 0.727. The van der Waals surface area contributed by atoms with Crippen LogP contribution in [0.4, 0.5) is 4.79 Å². The van der Waals surface area contributed by atoms with Crippen LogP contribution in [0.3, 0.4) is 0 Å². The number of rotatable bonds is 6. The molecule has 0 bridgehead atoms. The van der Waals surface area contributed by atoms with Gasteiger partial charge in [0.15, 0.2) is 6.61 Å². The van der Waals surface area contributed by atoms with E-state index in [9.17, 15) is 9.59 Å². The molecule has 0 aromatic heterocycles. The Kier molecular flexibility index (Phi) is 10.5. The molecule has 0 amide bonds. The molecule has 0 fully saturated rings. The van der Waals surface area contributed by atoms with Gasteiger partial charge in [-0.05, 0) is 0 Å². The van der Waals surface area contributed by atoms with Gasteiger partial charge in [0.2, 0.25) is 5.78 Å². The SMILES string of the molecule is O=C(O)OCC(=O)[C@H](O)[C@@H](O)[C@H](O)CO.[CaH2]. The van der Waals surface area contributed by atoms with E-state index in [-0.39, 0.29) is 37.7 Å². The van der Waals surface area contributed by atoms with Crippen molar-refractivity contribution in [1.29, 1.82) is 0 Å². The summed E-state index contributed by atoms with van der Waals surface area (Å²) in [6, 6.07) is 0. The number of aliphatic hydroxyl groups excluding tert-OH is 4. The monoisotopic (exact) mass is 266 g/mol. The number of hydrogen-bond acceptors (Lipinski definition) is 7. The zero-order chi connectivity index (χ0) is 12.0. The van der Waals surface area contributed by atoms with Crippen LogP contribution in [0.2, 0.25) is 0 Å². The van der Waals surface area contributed by atoms with Crippen LogP contribution in [0.5, 0.6) is 0 Å². The van der Waals surface area contributed by atoms with Gasteiger partial charge in [0, 0.05) is 0 Å². The maximum absolute atomic E-state index is 10.9. The van der Waals surface area contributed by atoms with Gasteiger partial charge in [-0.2, -0.15) is 0 Å². The first-order valence-electron chi connectivity index (χ1n) is 3.93. The third-order valence-electron chi connectivity index (χ3n) is 1.57. The Bertz CT molecular complexity index is 232. The van der Waals surface area contributed by atoms with Crippen molar-refractivity contribution in [3.63, 3.8) is 0 Å². The number of hydrogen-bond donors (Lipinski definition) is 5. The summed E-state index contributed by atoms with van der Waals surface area (Å²) in [6.45, 7) is -1.78. The minimum atomic E-state index is -2.01. The Morgan fingerprint density at radius 3 is 2.06 bits per heavy atom. The van der Waals surface area contributed by atoms with Crippen molar-refractivity contribution in [2.24, 2.45) is 0 Å². The van der Waals surface area contributed by atoms with Gasteiger partial charge in [-0.15, -0.1) is 0 Å². The maximum atomic E-state index is 10.9. The predicted molar refractivity (Wildman–Crippen MR) is 52.6 cm³/mol.